The Hall–Kier alpha value is -1.06. The van der Waals surface area contributed by atoms with Crippen LogP contribution in [0.25, 0.3) is 0 Å². The number of carbonyl (C=O) groups excluding carboxylic acids is 1. The van der Waals surface area contributed by atoms with Crippen molar-refractivity contribution in [1.82, 2.24) is 4.90 Å². The number of halogens is 1. The molecule has 2 N–H and O–H groups in total. The van der Waals surface area contributed by atoms with Gasteiger partial charge in [0.15, 0.2) is 0 Å². The quantitative estimate of drug-likeness (QED) is 0.841. The first kappa shape index (κ1) is 19.9. The van der Waals surface area contributed by atoms with Crippen LogP contribution in [0.5, 0.6) is 0 Å². The van der Waals surface area contributed by atoms with Gasteiger partial charge in [0.1, 0.15) is 0 Å². The predicted molar refractivity (Wildman–Crippen MR) is 91.8 cm³/mol. The highest BCUT2D eigenvalue weighted by atomic mass is 35.5. The maximum Gasteiger partial charge on any atom is 0.226 e. The average molecular weight is 313 g/mol. The molecule has 3 nitrogen and oxygen atoms in total. The Labute approximate surface area is 135 Å². The topological polar surface area (TPSA) is 46.3 Å². The van der Waals surface area contributed by atoms with E-state index in [2.05, 4.69) is 32.9 Å². The Morgan fingerprint density at radius 3 is 2.19 bits per heavy atom. The van der Waals surface area contributed by atoms with Crippen molar-refractivity contribution in [2.75, 3.05) is 13.6 Å². The van der Waals surface area contributed by atoms with Crippen LogP contribution in [-0.2, 0) is 17.6 Å². The molecule has 0 spiro atoms. The normalized spacial score (nSPS) is 11.9. The molecule has 0 aliphatic rings. The third-order valence-electron chi connectivity index (χ3n) is 3.87. The van der Waals surface area contributed by atoms with Gasteiger partial charge in [-0.1, -0.05) is 45.0 Å². The average Bonchev–Trinajstić information content (AvgIpc) is 2.44. The SMILES string of the molecule is CCc1ccc(CC(=O)N(C)CCC(N)C(C)C)cc1.Cl. The summed E-state index contributed by atoms with van der Waals surface area (Å²) in [4.78, 5) is 13.9. The second-order valence-electron chi connectivity index (χ2n) is 5.86. The molecule has 1 aromatic rings. The van der Waals surface area contributed by atoms with Gasteiger partial charge in [-0.15, -0.1) is 12.4 Å². The highest BCUT2D eigenvalue weighted by molar-refractivity contribution is 5.85. The summed E-state index contributed by atoms with van der Waals surface area (Å²) < 4.78 is 0. The highest BCUT2D eigenvalue weighted by Gasteiger charge is 2.13. The van der Waals surface area contributed by atoms with Gasteiger partial charge >= 0.3 is 0 Å². The zero-order valence-electron chi connectivity index (χ0n) is 13.6. The van der Waals surface area contributed by atoms with Crippen LogP contribution in [0, 0.1) is 5.92 Å². The molecule has 120 valence electrons. The Morgan fingerprint density at radius 2 is 1.71 bits per heavy atom. The monoisotopic (exact) mass is 312 g/mol. The van der Waals surface area contributed by atoms with Gasteiger partial charge in [-0.2, -0.15) is 0 Å². The molecule has 1 rings (SSSR count). The van der Waals surface area contributed by atoms with E-state index < -0.39 is 0 Å². The number of amides is 1. The second kappa shape index (κ2) is 9.80. The summed E-state index contributed by atoms with van der Waals surface area (Å²) in [5, 5.41) is 0. The molecule has 0 radical (unpaired) electrons. The number of benzene rings is 1. The van der Waals surface area contributed by atoms with Gasteiger partial charge in [0.05, 0.1) is 6.42 Å². The molecule has 0 aromatic heterocycles. The van der Waals surface area contributed by atoms with Gasteiger partial charge in [-0.3, -0.25) is 4.79 Å². The number of likely N-dealkylation sites (N-methyl/N-ethyl adjacent to an activating group) is 1. The van der Waals surface area contributed by atoms with Crippen molar-refractivity contribution in [3.8, 4) is 0 Å². The summed E-state index contributed by atoms with van der Waals surface area (Å²) >= 11 is 0. The summed E-state index contributed by atoms with van der Waals surface area (Å²) in [6.07, 6.45) is 2.35. The Kier molecular flexibility index (Phi) is 9.31. The lowest BCUT2D eigenvalue weighted by Crippen LogP contribution is -2.35. The Bertz CT molecular complexity index is 417. The molecular formula is C17H29ClN2O. The van der Waals surface area contributed by atoms with Crippen molar-refractivity contribution in [2.24, 2.45) is 11.7 Å². The first-order valence-electron chi connectivity index (χ1n) is 7.51. The van der Waals surface area contributed by atoms with Crippen molar-refractivity contribution in [2.45, 2.75) is 46.1 Å². The number of hydrogen-bond donors (Lipinski definition) is 1. The highest BCUT2D eigenvalue weighted by Crippen LogP contribution is 2.08. The lowest BCUT2D eigenvalue weighted by molar-refractivity contribution is -0.129. The van der Waals surface area contributed by atoms with Crippen LogP contribution in [0.2, 0.25) is 0 Å². The van der Waals surface area contributed by atoms with Crippen LogP contribution < -0.4 is 5.73 Å². The van der Waals surface area contributed by atoms with E-state index in [0.717, 1.165) is 24.9 Å². The molecule has 0 saturated heterocycles. The van der Waals surface area contributed by atoms with Gasteiger partial charge < -0.3 is 10.6 Å². The summed E-state index contributed by atoms with van der Waals surface area (Å²) in [6, 6.07) is 8.44. The standard InChI is InChI=1S/C17H28N2O.ClH/c1-5-14-6-8-15(9-7-14)12-17(20)19(4)11-10-16(18)13(2)3;/h6-9,13,16H,5,10-12,18H2,1-4H3;1H. The third-order valence-corrected chi connectivity index (χ3v) is 3.87. The van der Waals surface area contributed by atoms with Crippen molar-refractivity contribution in [3.63, 3.8) is 0 Å². The van der Waals surface area contributed by atoms with Crippen LogP contribution in [-0.4, -0.2) is 30.4 Å². The van der Waals surface area contributed by atoms with E-state index >= 15 is 0 Å². The minimum Gasteiger partial charge on any atom is -0.345 e. The molecule has 1 unspecified atom stereocenters. The van der Waals surface area contributed by atoms with E-state index in [1.54, 1.807) is 4.90 Å². The number of nitrogens with zero attached hydrogens (tertiary/aromatic N) is 1. The molecule has 0 bridgehead atoms. The predicted octanol–water partition coefficient (Wildman–Crippen LogP) is 3.05. The van der Waals surface area contributed by atoms with Crippen LogP contribution in [0.3, 0.4) is 0 Å². The van der Waals surface area contributed by atoms with Gasteiger partial charge in [0, 0.05) is 19.6 Å². The van der Waals surface area contributed by atoms with Crippen LogP contribution in [0.15, 0.2) is 24.3 Å². The minimum atomic E-state index is 0. The van der Waals surface area contributed by atoms with Gasteiger partial charge in [-0.05, 0) is 29.9 Å². The molecule has 0 fully saturated rings. The minimum absolute atomic E-state index is 0. The van der Waals surface area contributed by atoms with E-state index in [4.69, 9.17) is 5.73 Å². The van der Waals surface area contributed by atoms with Crippen molar-refractivity contribution in [3.05, 3.63) is 35.4 Å². The van der Waals surface area contributed by atoms with E-state index in [-0.39, 0.29) is 24.4 Å². The molecule has 4 heteroatoms. The zero-order chi connectivity index (χ0) is 15.1. The third kappa shape index (κ3) is 6.96. The van der Waals surface area contributed by atoms with Crippen LogP contribution in [0.1, 0.15) is 38.3 Å². The number of hydrogen-bond acceptors (Lipinski definition) is 2. The second-order valence-corrected chi connectivity index (χ2v) is 5.86. The van der Waals surface area contributed by atoms with Gasteiger partial charge in [0.2, 0.25) is 5.91 Å². The fourth-order valence-corrected chi connectivity index (χ4v) is 2.00. The van der Waals surface area contributed by atoms with E-state index in [1.807, 2.05) is 19.2 Å². The molecule has 1 amide bonds. The summed E-state index contributed by atoms with van der Waals surface area (Å²) in [6.45, 7) is 7.08. The van der Waals surface area contributed by atoms with Gasteiger partial charge in [-0.25, -0.2) is 0 Å². The summed E-state index contributed by atoms with van der Waals surface area (Å²) in [5.41, 5.74) is 8.39. The molecule has 0 saturated carbocycles. The molecule has 0 aliphatic carbocycles. The first-order chi connectivity index (χ1) is 9.43. The molecule has 21 heavy (non-hydrogen) atoms. The summed E-state index contributed by atoms with van der Waals surface area (Å²) in [7, 11) is 1.86. The van der Waals surface area contributed by atoms with E-state index in [1.165, 1.54) is 5.56 Å². The lowest BCUT2D eigenvalue weighted by atomic mass is 10.0. The van der Waals surface area contributed by atoms with E-state index in [9.17, 15) is 4.79 Å². The van der Waals surface area contributed by atoms with Crippen molar-refractivity contribution >= 4 is 18.3 Å². The molecule has 0 heterocycles. The zero-order valence-corrected chi connectivity index (χ0v) is 14.5. The number of aryl methyl sites for hydroxylation is 1. The molecular weight excluding hydrogens is 284 g/mol. The number of carbonyl (C=O) groups is 1. The van der Waals surface area contributed by atoms with Crippen molar-refractivity contribution < 1.29 is 4.79 Å². The maximum atomic E-state index is 12.1. The maximum absolute atomic E-state index is 12.1. The van der Waals surface area contributed by atoms with Gasteiger partial charge in [0.25, 0.3) is 0 Å². The fourth-order valence-electron chi connectivity index (χ4n) is 2.00. The Morgan fingerprint density at radius 1 is 1.19 bits per heavy atom. The largest absolute Gasteiger partial charge is 0.345 e. The Balaban J connectivity index is 0.00000400. The number of nitrogens with two attached hydrogens (primary N) is 1. The molecule has 1 atom stereocenters. The smallest absolute Gasteiger partial charge is 0.226 e. The lowest BCUT2D eigenvalue weighted by Gasteiger charge is -2.21. The van der Waals surface area contributed by atoms with Crippen LogP contribution in [0.4, 0.5) is 0 Å². The van der Waals surface area contributed by atoms with Crippen molar-refractivity contribution in [1.29, 1.82) is 0 Å². The number of rotatable bonds is 7. The molecule has 0 aliphatic heterocycles. The fraction of sp³-hybridized carbons (Fsp3) is 0.588. The van der Waals surface area contributed by atoms with E-state index in [0.29, 0.717) is 12.3 Å². The first-order valence-corrected chi connectivity index (χ1v) is 7.51. The summed E-state index contributed by atoms with van der Waals surface area (Å²) in [5.74, 6) is 0.616. The van der Waals surface area contributed by atoms with Crippen LogP contribution >= 0.6 is 12.4 Å². The molecule has 1 aromatic carbocycles.